The zero-order valence-electron chi connectivity index (χ0n) is 11.2. The maximum atomic E-state index is 3.74. The maximum Gasteiger partial charge on any atom is 0.00699 e. The van der Waals surface area contributed by atoms with Crippen molar-refractivity contribution >= 4 is 0 Å². The van der Waals surface area contributed by atoms with Gasteiger partial charge in [-0.3, -0.25) is 0 Å². The first-order valence-corrected chi connectivity index (χ1v) is 7.10. The molecule has 0 bridgehead atoms. The largest absolute Gasteiger partial charge is 0.312 e. The smallest absolute Gasteiger partial charge is 0.00699 e. The van der Waals surface area contributed by atoms with E-state index in [2.05, 4.69) is 49.5 Å². The molecule has 0 saturated heterocycles. The van der Waals surface area contributed by atoms with E-state index in [9.17, 15) is 0 Å². The summed E-state index contributed by atoms with van der Waals surface area (Å²) in [6.07, 6.45) is 6.60. The Kier molecular flexibility index (Phi) is 4.61. The zero-order chi connectivity index (χ0) is 12.1. The Balaban J connectivity index is 1.82. The van der Waals surface area contributed by atoms with Crippen LogP contribution in [0.2, 0.25) is 0 Å². The van der Waals surface area contributed by atoms with Crippen molar-refractivity contribution in [2.24, 2.45) is 0 Å². The summed E-state index contributed by atoms with van der Waals surface area (Å²) in [4.78, 5) is 0. The van der Waals surface area contributed by atoms with Crippen LogP contribution in [0.25, 0.3) is 0 Å². The molecule has 1 heteroatoms. The molecule has 1 atom stereocenters. The van der Waals surface area contributed by atoms with E-state index in [-0.39, 0.29) is 0 Å². The standard InChI is InChI=1S/C16H25N/c1-3-13(2)17-16-11-9-15(10-12-16)14-7-5-4-6-8-14/h4-8,13,15-17H,3,9-12H2,1-2H3. The Hall–Kier alpha value is -0.820. The summed E-state index contributed by atoms with van der Waals surface area (Å²) in [5, 5.41) is 3.74. The molecule has 1 nitrogen and oxygen atoms in total. The number of benzene rings is 1. The van der Waals surface area contributed by atoms with Crippen molar-refractivity contribution in [2.75, 3.05) is 0 Å². The monoisotopic (exact) mass is 231 g/mol. The number of nitrogens with one attached hydrogen (secondary N) is 1. The van der Waals surface area contributed by atoms with Gasteiger partial charge in [0.2, 0.25) is 0 Å². The van der Waals surface area contributed by atoms with E-state index >= 15 is 0 Å². The summed E-state index contributed by atoms with van der Waals surface area (Å²) in [5.74, 6) is 0.797. The van der Waals surface area contributed by atoms with Crippen LogP contribution in [0.1, 0.15) is 57.4 Å². The molecule has 1 aromatic carbocycles. The second-order valence-corrected chi connectivity index (χ2v) is 5.44. The molecule has 1 aliphatic carbocycles. The second kappa shape index (κ2) is 6.20. The predicted octanol–water partition coefficient (Wildman–Crippen LogP) is 4.10. The highest BCUT2D eigenvalue weighted by Crippen LogP contribution is 2.32. The first kappa shape index (κ1) is 12.6. The van der Waals surface area contributed by atoms with Crippen LogP contribution < -0.4 is 5.32 Å². The molecule has 2 rings (SSSR count). The van der Waals surface area contributed by atoms with Crippen LogP contribution in [0.3, 0.4) is 0 Å². The highest BCUT2D eigenvalue weighted by Gasteiger charge is 2.22. The molecule has 1 N–H and O–H groups in total. The van der Waals surface area contributed by atoms with Gasteiger partial charge in [0.1, 0.15) is 0 Å². The lowest BCUT2D eigenvalue weighted by atomic mass is 9.81. The van der Waals surface area contributed by atoms with Crippen LogP contribution in [0.5, 0.6) is 0 Å². The van der Waals surface area contributed by atoms with E-state index in [1.807, 2.05) is 0 Å². The number of rotatable bonds is 4. The maximum absolute atomic E-state index is 3.74. The van der Waals surface area contributed by atoms with Crippen LogP contribution in [0, 0.1) is 0 Å². The summed E-state index contributed by atoms with van der Waals surface area (Å²) in [6.45, 7) is 4.55. The van der Waals surface area contributed by atoms with Crippen molar-refractivity contribution in [3.05, 3.63) is 35.9 Å². The molecule has 0 heterocycles. The Morgan fingerprint density at radius 3 is 2.35 bits per heavy atom. The average Bonchev–Trinajstić information content (AvgIpc) is 2.40. The normalized spacial score (nSPS) is 26.7. The van der Waals surface area contributed by atoms with Gasteiger partial charge in [0.25, 0.3) is 0 Å². The quantitative estimate of drug-likeness (QED) is 0.822. The summed E-state index contributed by atoms with van der Waals surface area (Å²) in [6, 6.07) is 12.4. The molecule has 1 unspecified atom stereocenters. The van der Waals surface area contributed by atoms with E-state index in [4.69, 9.17) is 0 Å². The minimum atomic E-state index is 0.674. The SMILES string of the molecule is CCC(C)NC1CCC(c2ccccc2)CC1. The second-order valence-electron chi connectivity index (χ2n) is 5.44. The van der Waals surface area contributed by atoms with Gasteiger partial charge in [-0.05, 0) is 50.5 Å². The minimum Gasteiger partial charge on any atom is -0.312 e. The van der Waals surface area contributed by atoms with Crippen LogP contribution in [0.4, 0.5) is 0 Å². The number of hydrogen-bond acceptors (Lipinski definition) is 1. The highest BCUT2D eigenvalue weighted by atomic mass is 14.9. The predicted molar refractivity (Wildman–Crippen MR) is 74.3 cm³/mol. The van der Waals surface area contributed by atoms with Crippen LogP contribution >= 0.6 is 0 Å². The van der Waals surface area contributed by atoms with Crippen LogP contribution in [-0.4, -0.2) is 12.1 Å². The van der Waals surface area contributed by atoms with Crippen LogP contribution in [-0.2, 0) is 0 Å². The first-order chi connectivity index (χ1) is 8.29. The molecular weight excluding hydrogens is 206 g/mol. The summed E-state index contributed by atoms with van der Waals surface area (Å²) < 4.78 is 0. The Labute approximate surface area is 106 Å². The van der Waals surface area contributed by atoms with Crippen molar-refractivity contribution in [1.29, 1.82) is 0 Å². The molecule has 17 heavy (non-hydrogen) atoms. The lowest BCUT2D eigenvalue weighted by molar-refractivity contribution is 0.317. The summed E-state index contributed by atoms with van der Waals surface area (Å²) >= 11 is 0. The molecule has 1 fully saturated rings. The first-order valence-electron chi connectivity index (χ1n) is 7.10. The number of hydrogen-bond donors (Lipinski definition) is 1. The average molecular weight is 231 g/mol. The molecule has 0 amide bonds. The van der Waals surface area contributed by atoms with Gasteiger partial charge in [-0.2, -0.15) is 0 Å². The lowest BCUT2D eigenvalue weighted by Crippen LogP contribution is -2.38. The molecule has 0 radical (unpaired) electrons. The molecule has 94 valence electrons. The van der Waals surface area contributed by atoms with Crippen molar-refractivity contribution in [1.82, 2.24) is 5.32 Å². The molecule has 0 aromatic heterocycles. The highest BCUT2D eigenvalue weighted by molar-refractivity contribution is 5.20. The fourth-order valence-corrected chi connectivity index (χ4v) is 2.84. The van der Waals surface area contributed by atoms with E-state index in [1.54, 1.807) is 0 Å². The summed E-state index contributed by atoms with van der Waals surface area (Å²) in [7, 11) is 0. The van der Waals surface area contributed by atoms with Crippen molar-refractivity contribution in [3.63, 3.8) is 0 Å². The molecular formula is C16H25N. The van der Waals surface area contributed by atoms with E-state index in [1.165, 1.54) is 37.7 Å². The van der Waals surface area contributed by atoms with Crippen molar-refractivity contribution in [2.45, 2.75) is 64.0 Å². The third-order valence-corrected chi connectivity index (χ3v) is 4.13. The van der Waals surface area contributed by atoms with Gasteiger partial charge < -0.3 is 5.32 Å². The van der Waals surface area contributed by atoms with Gasteiger partial charge in [0.15, 0.2) is 0 Å². The molecule has 0 spiro atoms. The topological polar surface area (TPSA) is 12.0 Å². The molecule has 1 aromatic rings. The molecule has 0 aliphatic heterocycles. The summed E-state index contributed by atoms with van der Waals surface area (Å²) in [5.41, 5.74) is 1.54. The van der Waals surface area contributed by atoms with Gasteiger partial charge in [0.05, 0.1) is 0 Å². The Morgan fingerprint density at radius 2 is 1.76 bits per heavy atom. The minimum absolute atomic E-state index is 0.674. The third kappa shape index (κ3) is 3.57. The third-order valence-electron chi connectivity index (χ3n) is 4.13. The fourth-order valence-electron chi connectivity index (χ4n) is 2.84. The van der Waals surface area contributed by atoms with E-state index in [0.717, 1.165) is 12.0 Å². The molecule has 1 saturated carbocycles. The van der Waals surface area contributed by atoms with Gasteiger partial charge in [0, 0.05) is 12.1 Å². The van der Waals surface area contributed by atoms with E-state index in [0.29, 0.717) is 6.04 Å². The van der Waals surface area contributed by atoms with E-state index < -0.39 is 0 Å². The van der Waals surface area contributed by atoms with Crippen molar-refractivity contribution in [3.8, 4) is 0 Å². The molecule has 1 aliphatic rings. The van der Waals surface area contributed by atoms with Crippen LogP contribution in [0.15, 0.2) is 30.3 Å². The van der Waals surface area contributed by atoms with Crippen molar-refractivity contribution < 1.29 is 0 Å². The van der Waals surface area contributed by atoms with Gasteiger partial charge >= 0.3 is 0 Å². The fraction of sp³-hybridized carbons (Fsp3) is 0.625. The Bertz CT molecular complexity index is 312. The Morgan fingerprint density at radius 1 is 1.12 bits per heavy atom. The van der Waals surface area contributed by atoms with Gasteiger partial charge in [-0.15, -0.1) is 0 Å². The van der Waals surface area contributed by atoms with Gasteiger partial charge in [-0.1, -0.05) is 37.3 Å². The zero-order valence-corrected chi connectivity index (χ0v) is 11.2. The lowest BCUT2D eigenvalue weighted by Gasteiger charge is -2.31. The van der Waals surface area contributed by atoms with Gasteiger partial charge in [-0.25, -0.2) is 0 Å².